The van der Waals surface area contributed by atoms with Crippen molar-refractivity contribution in [1.82, 2.24) is 14.1 Å². The van der Waals surface area contributed by atoms with Gasteiger partial charge in [0.1, 0.15) is 0 Å². The van der Waals surface area contributed by atoms with Gasteiger partial charge in [0.15, 0.2) is 0 Å². The number of nitrogens with one attached hydrogen (secondary N) is 1. The number of hydrogen-bond acceptors (Lipinski definition) is 4. The van der Waals surface area contributed by atoms with Crippen LogP contribution in [-0.2, 0) is 10.0 Å². The van der Waals surface area contributed by atoms with Gasteiger partial charge in [-0.05, 0) is 61.2 Å². The Hall–Kier alpha value is -2.68. The average Bonchev–Trinajstić information content (AvgIpc) is 3.45. The van der Waals surface area contributed by atoms with E-state index in [0.717, 1.165) is 24.2 Å². The summed E-state index contributed by atoms with van der Waals surface area (Å²) < 4.78 is 28.6. The Bertz CT molecular complexity index is 1230. The minimum Gasteiger partial charge on any atom is -0.322 e. The highest BCUT2D eigenvalue weighted by Crippen LogP contribution is 2.26. The lowest BCUT2D eigenvalue weighted by atomic mass is 10.0. The molecule has 1 saturated heterocycles. The van der Waals surface area contributed by atoms with Crippen LogP contribution in [0.1, 0.15) is 48.7 Å². The van der Waals surface area contributed by atoms with Crippen molar-refractivity contribution in [2.75, 3.05) is 18.4 Å². The van der Waals surface area contributed by atoms with E-state index in [-0.39, 0.29) is 16.7 Å². The summed E-state index contributed by atoms with van der Waals surface area (Å²) in [5, 5.41) is 7.85. The van der Waals surface area contributed by atoms with E-state index in [2.05, 4.69) is 10.4 Å². The molecule has 0 saturated carbocycles. The topological polar surface area (TPSA) is 84.3 Å². The molecule has 0 unspecified atom stereocenters. The van der Waals surface area contributed by atoms with Gasteiger partial charge >= 0.3 is 0 Å². The lowest BCUT2D eigenvalue weighted by Crippen LogP contribution is -2.27. The smallest absolute Gasteiger partial charge is 0.259 e. The van der Waals surface area contributed by atoms with Gasteiger partial charge in [0, 0.05) is 23.8 Å². The van der Waals surface area contributed by atoms with Gasteiger partial charge in [0.2, 0.25) is 10.0 Å². The predicted molar refractivity (Wildman–Crippen MR) is 125 cm³/mol. The maximum Gasteiger partial charge on any atom is 0.259 e. The van der Waals surface area contributed by atoms with Crippen molar-refractivity contribution >= 4 is 33.2 Å². The number of rotatable bonds is 6. The van der Waals surface area contributed by atoms with Crippen LogP contribution in [0.2, 0.25) is 5.02 Å². The number of anilines is 1. The van der Waals surface area contributed by atoms with Crippen LogP contribution in [0.3, 0.4) is 0 Å². The molecule has 7 nitrogen and oxygen atoms in total. The molecule has 1 amide bonds. The van der Waals surface area contributed by atoms with Gasteiger partial charge in [-0.15, -0.1) is 0 Å². The highest BCUT2D eigenvalue weighted by molar-refractivity contribution is 7.89. The van der Waals surface area contributed by atoms with Crippen molar-refractivity contribution in [2.24, 2.45) is 0 Å². The third kappa shape index (κ3) is 4.44. The molecule has 0 spiro atoms. The number of aromatic nitrogens is 2. The van der Waals surface area contributed by atoms with Gasteiger partial charge < -0.3 is 5.32 Å². The number of sulfonamides is 1. The van der Waals surface area contributed by atoms with E-state index < -0.39 is 10.0 Å². The molecule has 1 N–H and O–H groups in total. The Morgan fingerprint density at radius 1 is 1.09 bits per heavy atom. The monoisotopic (exact) mass is 472 g/mol. The zero-order chi connectivity index (χ0) is 22.9. The van der Waals surface area contributed by atoms with Crippen LogP contribution >= 0.6 is 11.6 Å². The lowest BCUT2D eigenvalue weighted by molar-refractivity contribution is 0.102. The van der Waals surface area contributed by atoms with Gasteiger partial charge in [0.25, 0.3) is 5.91 Å². The van der Waals surface area contributed by atoms with Crippen LogP contribution in [-0.4, -0.2) is 41.5 Å². The highest BCUT2D eigenvalue weighted by Gasteiger charge is 2.27. The van der Waals surface area contributed by atoms with E-state index in [0.29, 0.717) is 29.4 Å². The minimum atomic E-state index is -3.49. The number of benzene rings is 2. The van der Waals surface area contributed by atoms with Crippen molar-refractivity contribution in [3.8, 4) is 5.69 Å². The van der Waals surface area contributed by atoms with Crippen molar-refractivity contribution < 1.29 is 13.2 Å². The third-order valence-electron chi connectivity index (χ3n) is 5.47. The first-order chi connectivity index (χ1) is 15.3. The van der Waals surface area contributed by atoms with E-state index in [1.165, 1.54) is 22.6 Å². The van der Waals surface area contributed by atoms with E-state index in [4.69, 9.17) is 11.6 Å². The fraction of sp³-hybridized carbons (Fsp3) is 0.304. The molecule has 1 aliphatic heterocycles. The zero-order valence-electron chi connectivity index (χ0n) is 18.0. The molecular weight excluding hydrogens is 448 g/mol. The number of amides is 1. The van der Waals surface area contributed by atoms with Crippen LogP contribution in [0, 0.1) is 0 Å². The first-order valence-electron chi connectivity index (χ1n) is 10.5. The Kier molecular flexibility index (Phi) is 6.37. The van der Waals surface area contributed by atoms with Crippen LogP contribution in [0.5, 0.6) is 0 Å². The van der Waals surface area contributed by atoms with Gasteiger partial charge in [-0.1, -0.05) is 31.5 Å². The molecule has 1 aromatic heterocycles. The average molecular weight is 473 g/mol. The molecule has 1 fully saturated rings. The molecule has 1 aliphatic rings. The predicted octanol–water partition coefficient (Wildman–Crippen LogP) is 4.69. The molecule has 2 heterocycles. The van der Waals surface area contributed by atoms with E-state index in [1.807, 2.05) is 26.0 Å². The zero-order valence-corrected chi connectivity index (χ0v) is 19.5. The van der Waals surface area contributed by atoms with Gasteiger partial charge in [-0.3, -0.25) is 4.79 Å². The maximum absolute atomic E-state index is 13.0. The molecular formula is C23H25ClN4O3S. The lowest BCUT2D eigenvalue weighted by Gasteiger charge is -2.16. The van der Waals surface area contributed by atoms with Crippen molar-refractivity contribution in [3.63, 3.8) is 0 Å². The molecule has 168 valence electrons. The summed E-state index contributed by atoms with van der Waals surface area (Å²) in [7, 11) is -3.49. The molecule has 3 aromatic rings. The number of carbonyl (C=O) groups excluding carboxylic acids is 1. The number of nitrogens with zero attached hydrogens (tertiary/aromatic N) is 3. The minimum absolute atomic E-state index is 0.0326. The Morgan fingerprint density at radius 3 is 2.41 bits per heavy atom. The van der Waals surface area contributed by atoms with Gasteiger partial charge in [-0.2, -0.15) is 9.40 Å². The summed E-state index contributed by atoms with van der Waals surface area (Å²) in [4.78, 5) is 13.3. The van der Waals surface area contributed by atoms with Crippen LogP contribution in [0.4, 0.5) is 5.69 Å². The Labute approximate surface area is 193 Å². The molecule has 0 bridgehead atoms. The van der Waals surface area contributed by atoms with Crippen LogP contribution in [0.25, 0.3) is 5.69 Å². The summed E-state index contributed by atoms with van der Waals surface area (Å²) in [5.41, 5.74) is 2.50. The SMILES string of the molecule is CC(C)c1c(C(=O)Nc2ccc(S(=O)(=O)N3CCCC3)cc2)cnn1-c1cccc(Cl)c1. The first-order valence-corrected chi connectivity index (χ1v) is 12.3. The Morgan fingerprint density at radius 2 is 1.78 bits per heavy atom. The van der Waals surface area contributed by atoms with Gasteiger partial charge in [-0.25, -0.2) is 13.1 Å². The molecule has 4 rings (SSSR count). The molecule has 0 radical (unpaired) electrons. The summed E-state index contributed by atoms with van der Waals surface area (Å²) in [5.74, 6) is -0.276. The fourth-order valence-corrected chi connectivity index (χ4v) is 5.59. The third-order valence-corrected chi connectivity index (χ3v) is 7.61. The largest absolute Gasteiger partial charge is 0.322 e. The van der Waals surface area contributed by atoms with Crippen LogP contribution in [0.15, 0.2) is 59.6 Å². The molecule has 0 aliphatic carbocycles. The fourth-order valence-electron chi connectivity index (χ4n) is 3.89. The second-order valence-electron chi connectivity index (χ2n) is 8.08. The quantitative estimate of drug-likeness (QED) is 0.564. The summed E-state index contributed by atoms with van der Waals surface area (Å²) in [6, 6.07) is 13.6. The highest BCUT2D eigenvalue weighted by atomic mass is 35.5. The maximum atomic E-state index is 13.0. The standard InChI is InChI=1S/C23H25ClN4O3S/c1-16(2)22-21(15-25-28(22)19-7-5-6-17(24)14-19)23(29)26-18-8-10-20(11-9-18)32(30,31)27-12-3-4-13-27/h5-11,14-16H,3-4,12-13H2,1-2H3,(H,26,29). The van der Waals surface area contributed by atoms with Crippen LogP contribution < -0.4 is 5.32 Å². The second-order valence-corrected chi connectivity index (χ2v) is 10.5. The second kappa shape index (κ2) is 9.05. The Balaban J connectivity index is 1.57. The van der Waals surface area contributed by atoms with Gasteiger partial charge in [0.05, 0.1) is 28.0 Å². The summed E-state index contributed by atoms with van der Waals surface area (Å²) in [6.07, 6.45) is 3.31. The number of carbonyl (C=O) groups is 1. The van der Waals surface area contributed by atoms with E-state index in [1.54, 1.807) is 28.9 Å². The van der Waals surface area contributed by atoms with Crippen molar-refractivity contribution in [3.05, 3.63) is 71.0 Å². The summed E-state index contributed by atoms with van der Waals surface area (Å²) >= 11 is 6.12. The molecule has 32 heavy (non-hydrogen) atoms. The number of hydrogen-bond donors (Lipinski definition) is 1. The van der Waals surface area contributed by atoms with Crippen molar-refractivity contribution in [2.45, 2.75) is 37.5 Å². The summed E-state index contributed by atoms with van der Waals surface area (Å²) in [6.45, 7) is 5.09. The molecule has 9 heteroatoms. The van der Waals surface area contributed by atoms with E-state index in [9.17, 15) is 13.2 Å². The first kappa shape index (κ1) is 22.5. The normalized spacial score (nSPS) is 14.8. The molecule has 2 aromatic carbocycles. The van der Waals surface area contributed by atoms with Crippen molar-refractivity contribution in [1.29, 1.82) is 0 Å². The number of halogens is 1. The molecule has 0 atom stereocenters. The van der Waals surface area contributed by atoms with E-state index >= 15 is 0 Å².